The molecule has 25 heavy (non-hydrogen) atoms. The molecule has 0 aliphatic rings. The van der Waals surface area contributed by atoms with Crippen molar-refractivity contribution in [2.45, 2.75) is 13.8 Å². The molecule has 0 aliphatic carbocycles. The van der Waals surface area contributed by atoms with E-state index in [-0.39, 0.29) is 5.91 Å². The van der Waals surface area contributed by atoms with Gasteiger partial charge < -0.3 is 14.2 Å². The van der Waals surface area contributed by atoms with Crippen molar-refractivity contribution in [2.75, 3.05) is 20.3 Å². The lowest BCUT2D eigenvalue weighted by Gasteiger charge is -2.09. The summed E-state index contributed by atoms with van der Waals surface area (Å²) in [7, 11) is 1.58. The second kappa shape index (κ2) is 9.32. The SMILES string of the molecule is CCOc1ccc(C(=O)NN=Cc2ccc(OCC)c(OC)c2)cc1. The van der Waals surface area contributed by atoms with Gasteiger partial charge >= 0.3 is 0 Å². The zero-order chi connectivity index (χ0) is 18.1. The molecule has 0 spiro atoms. The second-order valence-corrected chi connectivity index (χ2v) is 5.00. The van der Waals surface area contributed by atoms with Crippen LogP contribution < -0.4 is 19.6 Å². The van der Waals surface area contributed by atoms with Gasteiger partial charge in [0.1, 0.15) is 5.75 Å². The lowest BCUT2D eigenvalue weighted by Crippen LogP contribution is -2.17. The highest BCUT2D eigenvalue weighted by Gasteiger charge is 2.06. The van der Waals surface area contributed by atoms with E-state index in [1.807, 2.05) is 19.9 Å². The molecule has 0 heterocycles. The van der Waals surface area contributed by atoms with E-state index in [0.29, 0.717) is 30.3 Å². The highest BCUT2D eigenvalue weighted by molar-refractivity contribution is 5.95. The Morgan fingerprint density at radius 2 is 1.76 bits per heavy atom. The summed E-state index contributed by atoms with van der Waals surface area (Å²) < 4.78 is 16.1. The largest absolute Gasteiger partial charge is 0.494 e. The number of nitrogens with one attached hydrogen (secondary N) is 1. The number of hydrazone groups is 1. The van der Waals surface area contributed by atoms with Gasteiger partial charge in [-0.05, 0) is 61.9 Å². The van der Waals surface area contributed by atoms with Gasteiger partial charge in [0.05, 0.1) is 26.5 Å². The Morgan fingerprint density at radius 1 is 1.04 bits per heavy atom. The van der Waals surface area contributed by atoms with Gasteiger partial charge in [0, 0.05) is 5.56 Å². The highest BCUT2D eigenvalue weighted by Crippen LogP contribution is 2.27. The van der Waals surface area contributed by atoms with Gasteiger partial charge in [0.15, 0.2) is 11.5 Å². The van der Waals surface area contributed by atoms with E-state index >= 15 is 0 Å². The molecule has 6 heteroatoms. The predicted molar refractivity (Wildman–Crippen MR) is 96.8 cm³/mol. The van der Waals surface area contributed by atoms with Crippen molar-refractivity contribution in [1.82, 2.24) is 5.43 Å². The monoisotopic (exact) mass is 342 g/mol. The van der Waals surface area contributed by atoms with Crippen molar-refractivity contribution < 1.29 is 19.0 Å². The minimum Gasteiger partial charge on any atom is -0.494 e. The molecule has 0 aliphatic heterocycles. The molecule has 2 rings (SSSR count). The third kappa shape index (κ3) is 5.24. The van der Waals surface area contributed by atoms with E-state index in [1.54, 1.807) is 49.7 Å². The summed E-state index contributed by atoms with van der Waals surface area (Å²) in [6.07, 6.45) is 1.55. The van der Waals surface area contributed by atoms with Gasteiger partial charge in [0.25, 0.3) is 5.91 Å². The first-order valence-corrected chi connectivity index (χ1v) is 8.05. The van der Waals surface area contributed by atoms with E-state index in [9.17, 15) is 4.79 Å². The average Bonchev–Trinajstić information content (AvgIpc) is 2.63. The molecule has 0 aromatic heterocycles. The van der Waals surface area contributed by atoms with Crippen LogP contribution in [0, 0.1) is 0 Å². The van der Waals surface area contributed by atoms with Gasteiger partial charge in [-0.2, -0.15) is 5.10 Å². The molecule has 1 amide bonds. The number of methoxy groups -OCH3 is 1. The van der Waals surface area contributed by atoms with E-state index in [2.05, 4.69) is 10.5 Å². The van der Waals surface area contributed by atoms with Crippen LogP contribution in [-0.4, -0.2) is 32.4 Å². The number of rotatable bonds is 8. The molecule has 0 fully saturated rings. The highest BCUT2D eigenvalue weighted by atomic mass is 16.5. The zero-order valence-electron chi connectivity index (χ0n) is 14.6. The molecule has 0 radical (unpaired) electrons. The van der Waals surface area contributed by atoms with Crippen molar-refractivity contribution in [3.63, 3.8) is 0 Å². The zero-order valence-corrected chi connectivity index (χ0v) is 14.6. The minimum absolute atomic E-state index is 0.294. The molecular weight excluding hydrogens is 320 g/mol. The summed E-state index contributed by atoms with van der Waals surface area (Å²) in [5.74, 6) is 1.71. The molecule has 0 atom stereocenters. The van der Waals surface area contributed by atoms with Gasteiger partial charge in [-0.25, -0.2) is 5.43 Å². The summed E-state index contributed by atoms with van der Waals surface area (Å²) in [6, 6.07) is 12.3. The Balaban J connectivity index is 1.98. The minimum atomic E-state index is -0.294. The Bertz CT molecular complexity index is 727. The number of hydrogen-bond donors (Lipinski definition) is 1. The first-order chi connectivity index (χ1) is 12.2. The van der Waals surface area contributed by atoms with Crippen molar-refractivity contribution >= 4 is 12.1 Å². The van der Waals surface area contributed by atoms with E-state index in [0.717, 1.165) is 11.3 Å². The van der Waals surface area contributed by atoms with E-state index in [1.165, 1.54) is 0 Å². The van der Waals surface area contributed by atoms with Gasteiger partial charge in [-0.3, -0.25) is 4.79 Å². The fraction of sp³-hybridized carbons (Fsp3) is 0.263. The fourth-order valence-corrected chi connectivity index (χ4v) is 2.14. The second-order valence-electron chi connectivity index (χ2n) is 5.00. The van der Waals surface area contributed by atoms with Crippen LogP contribution in [-0.2, 0) is 0 Å². The van der Waals surface area contributed by atoms with Crippen LogP contribution in [0.1, 0.15) is 29.8 Å². The van der Waals surface area contributed by atoms with E-state index < -0.39 is 0 Å². The lowest BCUT2D eigenvalue weighted by molar-refractivity contribution is 0.0955. The molecule has 0 bridgehead atoms. The number of benzene rings is 2. The first-order valence-electron chi connectivity index (χ1n) is 8.05. The van der Waals surface area contributed by atoms with Crippen molar-refractivity contribution in [3.05, 3.63) is 53.6 Å². The third-order valence-corrected chi connectivity index (χ3v) is 3.29. The molecule has 0 saturated carbocycles. The summed E-state index contributed by atoms with van der Waals surface area (Å²) >= 11 is 0. The Morgan fingerprint density at radius 3 is 2.40 bits per heavy atom. The van der Waals surface area contributed by atoms with Crippen LogP contribution in [0.5, 0.6) is 17.2 Å². The normalized spacial score (nSPS) is 10.5. The van der Waals surface area contributed by atoms with Crippen molar-refractivity contribution in [1.29, 1.82) is 0 Å². The van der Waals surface area contributed by atoms with Crippen LogP contribution in [0.3, 0.4) is 0 Å². The van der Waals surface area contributed by atoms with Crippen molar-refractivity contribution in [2.24, 2.45) is 5.10 Å². The van der Waals surface area contributed by atoms with Crippen molar-refractivity contribution in [3.8, 4) is 17.2 Å². The van der Waals surface area contributed by atoms with Gasteiger partial charge in [0.2, 0.25) is 0 Å². The molecule has 2 aromatic carbocycles. The quantitative estimate of drug-likeness (QED) is 0.590. The average molecular weight is 342 g/mol. The van der Waals surface area contributed by atoms with E-state index in [4.69, 9.17) is 14.2 Å². The fourth-order valence-electron chi connectivity index (χ4n) is 2.14. The van der Waals surface area contributed by atoms with Crippen LogP contribution in [0.4, 0.5) is 0 Å². The maximum atomic E-state index is 12.1. The Hall–Kier alpha value is -3.02. The number of carbonyl (C=O) groups is 1. The summed E-state index contributed by atoms with van der Waals surface area (Å²) in [6.45, 7) is 4.96. The topological polar surface area (TPSA) is 69.2 Å². The van der Waals surface area contributed by atoms with Crippen LogP contribution >= 0.6 is 0 Å². The molecule has 132 valence electrons. The maximum Gasteiger partial charge on any atom is 0.271 e. The standard InChI is InChI=1S/C19H22N2O4/c1-4-24-16-9-7-15(8-10-16)19(22)21-20-13-14-6-11-17(25-5-2)18(12-14)23-3/h6-13H,4-5H2,1-3H3,(H,21,22). The number of ether oxygens (including phenoxy) is 3. The molecule has 1 N–H and O–H groups in total. The summed E-state index contributed by atoms with van der Waals surface area (Å²) in [4.78, 5) is 12.1. The number of hydrogen-bond acceptors (Lipinski definition) is 5. The Labute approximate surface area is 147 Å². The van der Waals surface area contributed by atoms with Gasteiger partial charge in [-0.1, -0.05) is 0 Å². The Kier molecular flexibility index (Phi) is 6.83. The number of amides is 1. The van der Waals surface area contributed by atoms with Crippen LogP contribution in [0.2, 0.25) is 0 Å². The molecule has 0 unspecified atom stereocenters. The molecule has 0 saturated heterocycles. The molecule has 6 nitrogen and oxygen atoms in total. The smallest absolute Gasteiger partial charge is 0.271 e. The first kappa shape index (κ1) is 18.3. The van der Waals surface area contributed by atoms with Crippen LogP contribution in [0.15, 0.2) is 47.6 Å². The summed E-state index contributed by atoms with van der Waals surface area (Å²) in [5.41, 5.74) is 3.78. The third-order valence-electron chi connectivity index (χ3n) is 3.29. The summed E-state index contributed by atoms with van der Waals surface area (Å²) in [5, 5.41) is 3.98. The number of nitrogens with zero attached hydrogens (tertiary/aromatic N) is 1. The van der Waals surface area contributed by atoms with Crippen LogP contribution in [0.25, 0.3) is 0 Å². The van der Waals surface area contributed by atoms with Gasteiger partial charge in [-0.15, -0.1) is 0 Å². The molecule has 2 aromatic rings. The lowest BCUT2D eigenvalue weighted by atomic mass is 10.2. The predicted octanol–water partition coefficient (Wildman–Crippen LogP) is 3.26. The molecular formula is C19H22N2O4. The maximum absolute atomic E-state index is 12.1. The number of carbonyl (C=O) groups excluding carboxylic acids is 1.